The molecule has 104 valence electrons. The van der Waals surface area contributed by atoms with Gasteiger partial charge in [-0.15, -0.1) is 0 Å². The van der Waals surface area contributed by atoms with E-state index < -0.39 is 12.0 Å². The number of rotatable bonds is 5. The normalized spacial score (nSPS) is 14.7. The second-order valence-corrected chi connectivity index (χ2v) is 5.61. The molecule has 1 aromatic rings. The Labute approximate surface area is 120 Å². The topological polar surface area (TPSA) is 67.8 Å². The number of aliphatic carboxylic acids is 1. The van der Waals surface area contributed by atoms with Gasteiger partial charge in [0.1, 0.15) is 6.04 Å². The lowest BCUT2D eigenvalue weighted by Gasteiger charge is -2.18. The van der Waals surface area contributed by atoms with Crippen LogP contribution in [0.25, 0.3) is 0 Å². The molecule has 2 rings (SSSR count). The van der Waals surface area contributed by atoms with Gasteiger partial charge in [-0.1, -0.05) is 13.8 Å². The van der Waals surface area contributed by atoms with E-state index in [9.17, 15) is 4.79 Å². The molecule has 0 fully saturated rings. The molecule has 1 atom stereocenters. The molecule has 0 spiro atoms. The van der Waals surface area contributed by atoms with Gasteiger partial charge in [-0.3, -0.25) is 4.79 Å². The molecule has 0 amide bonds. The summed E-state index contributed by atoms with van der Waals surface area (Å²) in [5.41, 5.74) is 0.947. The first-order chi connectivity index (χ1) is 8.99. The molecule has 6 heteroatoms. The number of carboxylic acid groups (broad SMARTS) is 1. The van der Waals surface area contributed by atoms with Crippen LogP contribution in [0.4, 0.5) is 0 Å². The summed E-state index contributed by atoms with van der Waals surface area (Å²) in [6, 6.07) is 3.20. The van der Waals surface area contributed by atoms with Crippen LogP contribution < -0.4 is 14.8 Å². The Morgan fingerprint density at radius 1 is 1.47 bits per heavy atom. The number of hydrogen-bond donors (Lipinski definition) is 2. The van der Waals surface area contributed by atoms with Crippen LogP contribution >= 0.6 is 15.9 Å². The van der Waals surface area contributed by atoms with Gasteiger partial charge in [-0.05, 0) is 39.5 Å². The highest BCUT2D eigenvalue weighted by Crippen LogP contribution is 2.39. The largest absolute Gasteiger partial charge is 0.480 e. The summed E-state index contributed by atoms with van der Waals surface area (Å²) in [6.45, 7) is 4.43. The van der Waals surface area contributed by atoms with Gasteiger partial charge >= 0.3 is 5.97 Å². The molecule has 1 aliphatic rings. The number of fused-ring (bicyclic) bond motifs is 1. The van der Waals surface area contributed by atoms with Crippen LogP contribution in [-0.4, -0.2) is 23.9 Å². The summed E-state index contributed by atoms with van der Waals surface area (Å²) in [4.78, 5) is 11.1. The molecule has 0 saturated heterocycles. The lowest BCUT2D eigenvalue weighted by Crippen LogP contribution is -2.40. The van der Waals surface area contributed by atoms with Gasteiger partial charge in [0.2, 0.25) is 6.79 Å². The van der Waals surface area contributed by atoms with Crippen LogP contribution in [0.1, 0.15) is 19.4 Å². The van der Waals surface area contributed by atoms with Gasteiger partial charge in [-0.2, -0.15) is 0 Å². The molecular weight excluding hydrogens is 314 g/mol. The van der Waals surface area contributed by atoms with Crippen molar-refractivity contribution in [3.63, 3.8) is 0 Å². The van der Waals surface area contributed by atoms with Crippen molar-refractivity contribution in [2.45, 2.75) is 26.4 Å². The van der Waals surface area contributed by atoms with Crippen LogP contribution in [0.2, 0.25) is 0 Å². The number of carbonyl (C=O) groups is 1. The first-order valence-corrected chi connectivity index (χ1v) is 6.82. The lowest BCUT2D eigenvalue weighted by molar-refractivity contribution is -0.140. The molecule has 0 saturated carbocycles. The maximum absolute atomic E-state index is 11.1. The van der Waals surface area contributed by atoms with Crippen molar-refractivity contribution in [3.8, 4) is 11.5 Å². The molecule has 0 radical (unpaired) electrons. The van der Waals surface area contributed by atoms with Crippen LogP contribution in [0.5, 0.6) is 11.5 Å². The Hall–Kier alpha value is -1.27. The molecule has 1 heterocycles. The van der Waals surface area contributed by atoms with E-state index >= 15 is 0 Å². The third-order valence-corrected chi connectivity index (χ3v) is 3.53. The number of hydrogen-bond acceptors (Lipinski definition) is 4. The van der Waals surface area contributed by atoms with Crippen molar-refractivity contribution in [2.24, 2.45) is 5.92 Å². The minimum atomic E-state index is -0.838. The maximum Gasteiger partial charge on any atom is 0.320 e. The van der Waals surface area contributed by atoms with Crippen molar-refractivity contribution in [1.82, 2.24) is 5.32 Å². The Morgan fingerprint density at radius 2 is 2.21 bits per heavy atom. The van der Waals surface area contributed by atoms with Gasteiger partial charge in [0, 0.05) is 6.54 Å². The lowest BCUT2D eigenvalue weighted by atomic mass is 10.0. The molecule has 1 aromatic carbocycles. The Balaban J connectivity index is 2.08. The number of carboxylic acids is 1. The van der Waals surface area contributed by atoms with Gasteiger partial charge in [0.15, 0.2) is 11.5 Å². The van der Waals surface area contributed by atoms with Gasteiger partial charge in [0.05, 0.1) is 4.47 Å². The van der Waals surface area contributed by atoms with E-state index in [1.54, 1.807) is 0 Å². The van der Waals surface area contributed by atoms with Gasteiger partial charge in [0.25, 0.3) is 0 Å². The third-order valence-electron chi connectivity index (χ3n) is 2.95. The van der Waals surface area contributed by atoms with Crippen molar-refractivity contribution in [1.29, 1.82) is 0 Å². The number of nitrogens with one attached hydrogen (secondary N) is 1. The summed E-state index contributed by atoms with van der Waals surface area (Å²) in [5, 5.41) is 12.2. The predicted molar refractivity (Wildman–Crippen MR) is 73.4 cm³/mol. The fraction of sp³-hybridized carbons (Fsp3) is 0.462. The predicted octanol–water partition coefficient (Wildman–Crippen LogP) is 2.38. The van der Waals surface area contributed by atoms with Crippen LogP contribution in [0.15, 0.2) is 16.6 Å². The zero-order valence-corrected chi connectivity index (χ0v) is 12.4. The first kappa shape index (κ1) is 14.1. The van der Waals surface area contributed by atoms with Crippen LogP contribution in [0, 0.1) is 5.92 Å². The highest BCUT2D eigenvalue weighted by molar-refractivity contribution is 9.10. The van der Waals surface area contributed by atoms with E-state index in [0.717, 1.165) is 10.0 Å². The zero-order valence-electron chi connectivity index (χ0n) is 10.8. The smallest absolute Gasteiger partial charge is 0.320 e. The molecule has 0 aliphatic carbocycles. The van der Waals surface area contributed by atoms with E-state index in [-0.39, 0.29) is 12.7 Å². The molecule has 0 aromatic heterocycles. The Bertz CT molecular complexity index is 490. The van der Waals surface area contributed by atoms with E-state index in [4.69, 9.17) is 14.6 Å². The monoisotopic (exact) mass is 329 g/mol. The molecule has 0 bridgehead atoms. The quantitative estimate of drug-likeness (QED) is 0.868. The molecule has 1 aliphatic heterocycles. The van der Waals surface area contributed by atoms with E-state index in [1.165, 1.54) is 0 Å². The number of halogens is 1. The fourth-order valence-electron chi connectivity index (χ4n) is 1.96. The number of benzene rings is 1. The Morgan fingerprint density at radius 3 is 2.84 bits per heavy atom. The van der Waals surface area contributed by atoms with E-state index in [0.29, 0.717) is 18.0 Å². The first-order valence-electron chi connectivity index (χ1n) is 6.03. The molecular formula is C13H16BrNO4. The highest BCUT2D eigenvalue weighted by atomic mass is 79.9. The van der Waals surface area contributed by atoms with E-state index in [2.05, 4.69) is 21.2 Å². The molecule has 0 unspecified atom stereocenters. The van der Waals surface area contributed by atoms with Crippen molar-refractivity contribution in [3.05, 3.63) is 22.2 Å². The van der Waals surface area contributed by atoms with Crippen molar-refractivity contribution < 1.29 is 19.4 Å². The van der Waals surface area contributed by atoms with Crippen LogP contribution in [-0.2, 0) is 11.3 Å². The molecule has 19 heavy (non-hydrogen) atoms. The summed E-state index contributed by atoms with van der Waals surface area (Å²) < 4.78 is 11.4. The standard InChI is InChI=1S/C13H16BrNO4/c1-7(2)11(13(16)17)15-5-8-3-9(14)12-10(4-8)18-6-19-12/h3-4,7,11,15H,5-6H2,1-2H3,(H,16,17)/t11-/m0/s1. The summed E-state index contributed by atoms with van der Waals surface area (Å²) in [6.07, 6.45) is 0. The van der Waals surface area contributed by atoms with Crippen LogP contribution in [0.3, 0.4) is 0 Å². The van der Waals surface area contributed by atoms with Crippen molar-refractivity contribution >= 4 is 21.9 Å². The molecule has 5 nitrogen and oxygen atoms in total. The second-order valence-electron chi connectivity index (χ2n) is 4.75. The average Bonchev–Trinajstić information content (AvgIpc) is 2.76. The number of ether oxygens (including phenoxy) is 2. The fourth-order valence-corrected chi connectivity index (χ4v) is 2.56. The highest BCUT2D eigenvalue weighted by Gasteiger charge is 2.22. The van der Waals surface area contributed by atoms with Gasteiger partial charge < -0.3 is 19.9 Å². The zero-order chi connectivity index (χ0) is 14.0. The summed E-state index contributed by atoms with van der Waals surface area (Å²) in [7, 11) is 0. The maximum atomic E-state index is 11.1. The SMILES string of the molecule is CC(C)[C@H](NCc1cc(Br)c2c(c1)OCO2)C(=O)O. The van der Waals surface area contributed by atoms with Crippen molar-refractivity contribution in [2.75, 3.05) is 6.79 Å². The summed E-state index contributed by atoms with van der Waals surface area (Å²) in [5.74, 6) is 0.565. The van der Waals surface area contributed by atoms with E-state index in [1.807, 2.05) is 26.0 Å². The minimum absolute atomic E-state index is 0.0231. The third kappa shape index (κ3) is 3.19. The summed E-state index contributed by atoms with van der Waals surface area (Å²) >= 11 is 3.41. The molecule has 2 N–H and O–H groups in total. The second kappa shape index (κ2) is 5.79. The van der Waals surface area contributed by atoms with Gasteiger partial charge in [-0.25, -0.2) is 0 Å². The minimum Gasteiger partial charge on any atom is -0.480 e. The average molecular weight is 330 g/mol. The Kier molecular flexibility index (Phi) is 4.31.